The molecular formula is C11H8Cl5F3N2O. The molecule has 0 aromatic heterocycles. The molecule has 1 aromatic rings. The number of hydrogen-bond acceptors (Lipinski definition) is 1. The lowest BCUT2D eigenvalue weighted by Crippen LogP contribution is -2.52. The smallest absolute Gasteiger partial charge is 0.308 e. The zero-order chi connectivity index (χ0) is 17.3. The van der Waals surface area contributed by atoms with Crippen molar-refractivity contribution in [3.8, 4) is 0 Å². The summed E-state index contributed by atoms with van der Waals surface area (Å²) in [6.07, 6.45) is -5.03. The Kier molecular flexibility index (Phi) is 6.38. The molecule has 1 N–H and O–H groups in total. The zero-order valence-corrected chi connectivity index (χ0v) is 14.5. The Morgan fingerprint density at radius 1 is 1.18 bits per heavy atom. The third kappa shape index (κ3) is 4.61. The summed E-state index contributed by atoms with van der Waals surface area (Å²) in [4.78, 5) is 12.4. The Morgan fingerprint density at radius 2 is 1.64 bits per heavy atom. The van der Waals surface area contributed by atoms with E-state index in [-0.39, 0.29) is 15.7 Å². The fourth-order valence-electron chi connectivity index (χ4n) is 1.32. The van der Waals surface area contributed by atoms with Gasteiger partial charge < -0.3 is 10.2 Å². The fourth-order valence-corrected chi connectivity index (χ4v) is 2.35. The van der Waals surface area contributed by atoms with Gasteiger partial charge in [-0.2, -0.15) is 13.2 Å². The van der Waals surface area contributed by atoms with E-state index < -0.39 is 22.0 Å². The van der Waals surface area contributed by atoms with Crippen LogP contribution in [0.3, 0.4) is 0 Å². The van der Waals surface area contributed by atoms with Crippen LogP contribution in [0, 0.1) is 0 Å². The Morgan fingerprint density at radius 3 is 2.05 bits per heavy atom. The second-order valence-electron chi connectivity index (χ2n) is 4.16. The lowest BCUT2D eigenvalue weighted by Gasteiger charge is -2.33. The maximum atomic E-state index is 12.7. The number of urea groups is 1. The van der Waals surface area contributed by atoms with E-state index in [9.17, 15) is 18.0 Å². The van der Waals surface area contributed by atoms with Crippen molar-refractivity contribution in [1.82, 2.24) is 4.90 Å². The molecule has 22 heavy (non-hydrogen) atoms. The molecule has 0 aliphatic carbocycles. The highest BCUT2D eigenvalue weighted by Gasteiger charge is 2.59. The largest absolute Gasteiger partial charge is 0.424 e. The number of carbonyl (C=O) groups excluding carboxylic acids is 1. The van der Waals surface area contributed by atoms with Gasteiger partial charge in [-0.15, -0.1) is 0 Å². The van der Waals surface area contributed by atoms with E-state index in [1.165, 1.54) is 18.2 Å². The molecule has 0 aliphatic heterocycles. The Balaban J connectivity index is 2.89. The summed E-state index contributed by atoms with van der Waals surface area (Å²) in [7, 11) is 1.00. The van der Waals surface area contributed by atoms with Gasteiger partial charge in [0.15, 0.2) is 0 Å². The van der Waals surface area contributed by atoms with Crippen LogP contribution in [0.4, 0.5) is 23.7 Å². The molecule has 0 aliphatic rings. The monoisotopic (exact) mass is 416 g/mol. The van der Waals surface area contributed by atoms with E-state index in [0.717, 1.165) is 7.05 Å². The summed E-state index contributed by atoms with van der Waals surface area (Å²) < 4.78 is 34.8. The van der Waals surface area contributed by atoms with E-state index in [4.69, 9.17) is 58.0 Å². The highest BCUT2D eigenvalue weighted by Crippen LogP contribution is 2.45. The van der Waals surface area contributed by atoms with Gasteiger partial charge in [-0.05, 0) is 18.2 Å². The molecule has 124 valence electrons. The van der Waals surface area contributed by atoms with Gasteiger partial charge in [0.25, 0.3) is 0 Å². The quantitative estimate of drug-likeness (QED) is 0.491. The van der Waals surface area contributed by atoms with Crippen LogP contribution in [0.5, 0.6) is 0 Å². The second-order valence-corrected chi connectivity index (χ2v) is 6.83. The molecular weight excluding hydrogens is 410 g/mol. The normalized spacial score (nSPS) is 13.7. The van der Waals surface area contributed by atoms with Crippen molar-refractivity contribution >= 4 is 69.7 Å². The molecule has 1 atom stereocenters. The standard InChI is InChI=1S/C11H8Cl5F3N2O/c1-21(8(14)10(15,16)11(17,18)19)9(22)20-7-3-5(12)2-6(13)4-7/h2-4,8H,1H3,(H,20,22). The van der Waals surface area contributed by atoms with Crippen molar-refractivity contribution in [2.24, 2.45) is 0 Å². The first-order valence-corrected chi connectivity index (χ1v) is 7.39. The van der Waals surface area contributed by atoms with Crippen LogP contribution < -0.4 is 5.32 Å². The number of rotatable bonds is 3. The average Bonchev–Trinajstić information content (AvgIpc) is 2.34. The third-order valence-electron chi connectivity index (χ3n) is 2.45. The van der Waals surface area contributed by atoms with Crippen molar-refractivity contribution in [3.63, 3.8) is 0 Å². The number of benzene rings is 1. The van der Waals surface area contributed by atoms with Crippen LogP contribution >= 0.6 is 58.0 Å². The number of carbonyl (C=O) groups is 1. The van der Waals surface area contributed by atoms with Gasteiger partial charge in [-0.25, -0.2) is 4.79 Å². The maximum Gasteiger partial charge on any atom is 0.424 e. The summed E-state index contributed by atoms with van der Waals surface area (Å²) in [5, 5.41) is 2.73. The van der Waals surface area contributed by atoms with E-state index in [1.54, 1.807) is 0 Å². The molecule has 0 heterocycles. The summed E-state index contributed by atoms with van der Waals surface area (Å²) >= 11 is 27.4. The van der Waals surface area contributed by atoms with Crippen molar-refractivity contribution in [3.05, 3.63) is 28.2 Å². The Labute approximate surface area is 149 Å². The van der Waals surface area contributed by atoms with Gasteiger partial charge in [0.2, 0.25) is 4.33 Å². The number of nitrogens with zero attached hydrogens (tertiary/aromatic N) is 1. The maximum absolute atomic E-state index is 12.7. The third-order valence-corrected chi connectivity index (χ3v) is 4.57. The van der Waals surface area contributed by atoms with Gasteiger partial charge in [-0.3, -0.25) is 0 Å². The number of amides is 2. The van der Waals surface area contributed by atoms with E-state index in [2.05, 4.69) is 5.32 Å². The Bertz CT molecular complexity index is 547. The summed E-state index contributed by atoms with van der Waals surface area (Å²) in [6.45, 7) is 0. The number of hydrogen-bond donors (Lipinski definition) is 1. The summed E-state index contributed by atoms with van der Waals surface area (Å²) in [6, 6.07) is 3.13. The van der Waals surface area contributed by atoms with Crippen molar-refractivity contribution in [2.45, 2.75) is 16.0 Å². The molecule has 0 saturated carbocycles. The van der Waals surface area contributed by atoms with E-state index in [1.807, 2.05) is 0 Å². The minimum absolute atomic E-state index is 0.167. The molecule has 1 aromatic carbocycles. The molecule has 2 amide bonds. The molecule has 0 bridgehead atoms. The van der Waals surface area contributed by atoms with E-state index in [0.29, 0.717) is 4.90 Å². The molecule has 0 fully saturated rings. The minimum Gasteiger partial charge on any atom is -0.308 e. The lowest BCUT2D eigenvalue weighted by molar-refractivity contribution is -0.146. The highest BCUT2D eigenvalue weighted by molar-refractivity contribution is 6.53. The first-order valence-electron chi connectivity index (χ1n) is 5.44. The molecule has 3 nitrogen and oxygen atoms in total. The van der Waals surface area contributed by atoms with Crippen LogP contribution in [0.15, 0.2) is 18.2 Å². The van der Waals surface area contributed by atoms with Gasteiger partial charge in [0.05, 0.1) is 0 Å². The van der Waals surface area contributed by atoms with Crippen molar-refractivity contribution in [1.29, 1.82) is 0 Å². The van der Waals surface area contributed by atoms with Crippen LogP contribution in [0.1, 0.15) is 0 Å². The summed E-state index contributed by atoms with van der Waals surface area (Å²) in [5.74, 6) is 0. The van der Waals surface area contributed by atoms with Crippen molar-refractivity contribution in [2.75, 3.05) is 12.4 Å². The first kappa shape index (κ1) is 19.8. The molecule has 1 rings (SSSR count). The predicted molar refractivity (Wildman–Crippen MR) is 83.4 cm³/mol. The van der Waals surface area contributed by atoms with Crippen LogP contribution in [0.2, 0.25) is 10.0 Å². The minimum atomic E-state index is -5.03. The van der Waals surface area contributed by atoms with Gasteiger partial charge in [0, 0.05) is 22.8 Å². The number of alkyl halides is 6. The number of anilines is 1. The average molecular weight is 418 g/mol. The highest BCUT2D eigenvalue weighted by atomic mass is 35.5. The topological polar surface area (TPSA) is 32.3 Å². The number of nitrogens with one attached hydrogen (secondary N) is 1. The lowest BCUT2D eigenvalue weighted by atomic mass is 10.3. The first-order chi connectivity index (χ1) is 9.86. The zero-order valence-electron chi connectivity index (χ0n) is 10.7. The second kappa shape index (κ2) is 7.09. The Hall–Kier alpha value is -0.270. The van der Waals surface area contributed by atoms with Crippen LogP contribution in [-0.4, -0.2) is 34.0 Å². The molecule has 1 unspecified atom stereocenters. The molecule has 0 radical (unpaired) electrons. The molecule has 0 saturated heterocycles. The predicted octanol–water partition coefficient (Wildman–Crippen LogP) is 5.76. The summed E-state index contributed by atoms with van der Waals surface area (Å²) in [5.41, 5.74) is -1.90. The van der Waals surface area contributed by atoms with Crippen molar-refractivity contribution < 1.29 is 18.0 Å². The number of halogens is 8. The van der Waals surface area contributed by atoms with Crippen LogP contribution in [0.25, 0.3) is 0 Å². The van der Waals surface area contributed by atoms with Gasteiger partial charge >= 0.3 is 12.2 Å². The molecule has 11 heteroatoms. The fraction of sp³-hybridized carbons (Fsp3) is 0.364. The molecule has 0 spiro atoms. The SMILES string of the molecule is CN(C(=O)Nc1cc(Cl)cc(Cl)c1)C(Cl)C(Cl)(Cl)C(F)(F)F. The van der Waals surface area contributed by atoms with E-state index >= 15 is 0 Å². The van der Waals surface area contributed by atoms with Gasteiger partial charge in [-0.1, -0.05) is 58.0 Å². The van der Waals surface area contributed by atoms with Gasteiger partial charge in [0.1, 0.15) is 5.50 Å². The van der Waals surface area contributed by atoms with Crippen LogP contribution in [-0.2, 0) is 0 Å².